The number of thiazole rings is 1. The Morgan fingerprint density at radius 3 is 2.12 bits per heavy atom. The van der Waals surface area contributed by atoms with Gasteiger partial charge in [0.15, 0.2) is 10.9 Å². The summed E-state index contributed by atoms with van der Waals surface area (Å²) in [5.74, 6) is -0.240. The van der Waals surface area contributed by atoms with Crippen LogP contribution in [0.1, 0.15) is 26.3 Å². The second kappa shape index (κ2) is 10.9. The third kappa shape index (κ3) is 5.60. The number of ketones is 1. The zero-order valence-corrected chi connectivity index (χ0v) is 20.6. The highest BCUT2D eigenvalue weighted by Gasteiger charge is 2.22. The zero-order valence-electron chi connectivity index (χ0n) is 18.2. The van der Waals surface area contributed by atoms with Crippen molar-refractivity contribution in [2.24, 2.45) is 0 Å². The van der Waals surface area contributed by atoms with Gasteiger partial charge in [0, 0.05) is 29.8 Å². The molecule has 1 aromatic heterocycles. The van der Waals surface area contributed by atoms with Crippen molar-refractivity contribution in [2.45, 2.75) is 0 Å². The number of fused-ring (bicyclic) bond motifs is 1. The van der Waals surface area contributed by atoms with Gasteiger partial charge in [-0.15, -0.1) is 12.4 Å². The molecular formula is C25H23Cl2N3O2S. The van der Waals surface area contributed by atoms with E-state index in [1.807, 2.05) is 49.3 Å². The van der Waals surface area contributed by atoms with Gasteiger partial charge in [0.05, 0.1) is 9.72 Å². The largest absolute Gasteiger partial charge is 0.308 e. The average molecular weight is 500 g/mol. The summed E-state index contributed by atoms with van der Waals surface area (Å²) in [6, 6.07) is 21.5. The van der Waals surface area contributed by atoms with E-state index in [1.165, 1.54) is 11.3 Å². The third-order valence-corrected chi connectivity index (χ3v) is 6.38. The van der Waals surface area contributed by atoms with E-state index >= 15 is 0 Å². The Labute approximate surface area is 208 Å². The van der Waals surface area contributed by atoms with Gasteiger partial charge in [-0.05, 0) is 38.4 Å². The van der Waals surface area contributed by atoms with Crippen molar-refractivity contribution in [3.8, 4) is 0 Å². The van der Waals surface area contributed by atoms with Crippen molar-refractivity contribution in [3.05, 3.63) is 94.5 Å². The van der Waals surface area contributed by atoms with Crippen LogP contribution in [0, 0.1) is 0 Å². The van der Waals surface area contributed by atoms with Gasteiger partial charge in [-0.25, -0.2) is 4.98 Å². The molecule has 0 aliphatic carbocycles. The molecule has 0 aliphatic rings. The van der Waals surface area contributed by atoms with E-state index < -0.39 is 0 Å². The highest BCUT2D eigenvalue weighted by Crippen LogP contribution is 2.33. The summed E-state index contributed by atoms with van der Waals surface area (Å²) in [7, 11) is 3.92. The number of hydrogen-bond donors (Lipinski definition) is 0. The molecule has 33 heavy (non-hydrogen) atoms. The maximum Gasteiger partial charge on any atom is 0.260 e. The number of anilines is 1. The Kier molecular flexibility index (Phi) is 8.21. The lowest BCUT2D eigenvalue weighted by molar-refractivity contribution is 0.0982. The molecule has 4 rings (SSSR count). The van der Waals surface area contributed by atoms with Crippen molar-refractivity contribution >= 4 is 62.4 Å². The van der Waals surface area contributed by atoms with Gasteiger partial charge in [-0.2, -0.15) is 0 Å². The van der Waals surface area contributed by atoms with Crippen LogP contribution >= 0.6 is 35.3 Å². The van der Waals surface area contributed by atoms with Gasteiger partial charge >= 0.3 is 0 Å². The molecule has 170 valence electrons. The monoisotopic (exact) mass is 499 g/mol. The second-order valence-electron chi connectivity index (χ2n) is 7.62. The lowest BCUT2D eigenvalue weighted by Crippen LogP contribution is -2.36. The highest BCUT2D eigenvalue weighted by molar-refractivity contribution is 7.22. The summed E-state index contributed by atoms with van der Waals surface area (Å²) in [5.41, 5.74) is 2.35. The lowest BCUT2D eigenvalue weighted by atomic mass is 10.0. The van der Waals surface area contributed by atoms with Crippen molar-refractivity contribution in [1.82, 2.24) is 9.88 Å². The Morgan fingerprint density at radius 1 is 0.848 bits per heavy atom. The van der Waals surface area contributed by atoms with Crippen molar-refractivity contribution in [3.63, 3.8) is 0 Å². The molecular weight excluding hydrogens is 477 g/mol. The first kappa shape index (κ1) is 24.9. The smallest absolute Gasteiger partial charge is 0.260 e. The molecule has 8 heteroatoms. The molecule has 4 aromatic rings. The minimum Gasteiger partial charge on any atom is -0.308 e. The summed E-state index contributed by atoms with van der Waals surface area (Å²) in [5, 5.41) is 1.16. The fourth-order valence-corrected chi connectivity index (χ4v) is 4.57. The van der Waals surface area contributed by atoms with Gasteiger partial charge in [0.2, 0.25) is 0 Å². The van der Waals surface area contributed by atoms with Gasteiger partial charge < -0.3 is 4.90 Å². The van der Waals surface area contributed by atoms with Crippen LogP contribution in [-0.4, -0.2) is 48.8 Å². The number of benzene rings is 3. The van der Waals surface area contributed by atoms with E-state index in [0.29, 0.717) is 45.5 Å². The molecule has 0 aliphatic heterocycles. The predicted octanol–water partition coefficient (Wildman–Crippen LogP) is 5.81. The molecule has 0 fully saturated rings. The fourth-order valence-electron chi connectivity index (χ4n) is 3.28. The fraction of sp³-hybridized carbons (Fsp3) is 0.160. The highest BCUT2D eigenvalue weighted by atomic mass is 35.5. The molecule has 0 bridgehead atoms. The van der Waals surface area contributed by atoms with Crippen LogP contribution < -0.4 is 4.90 Å². The molecule has 5 nitrogen and oxygen atoms in total. The van der Waals surface area contributed by atoms with E-state index in [-0.39, 0.29) is 24.1 Å². The number of carbonyl (C=O) groups excluding carboxylic acids is 2. The molecule has 0 radical (unpaired) electrons. The summed E-state index contributed by atoms with van der Waals surface area (Å²) >= 11 is 7.73. The maximum atomic E-state index is 13.4. The third-order valence-electron chi connectivity index (χ3n) is 5.04. The average Bonchev–Trinajstić information content (AvgIpc) is 3.24. The predicted molar refractivity (Wildman–Crippen MR) is 138 cm³/mol. The van der Waals surface area contributed by atoms with Gasteiger partial charge in [-0.3, -0.25) is 14.5 Å². The van der Waals surface area contributed by atoms with E-state index in [0.717, 1.165) is 4.70 Å². The van der Waals surface area contributed by atoms with Crippen molar-refractivity contribution in [1.29, 1.82) is 0 Å². The molecule has 0 spiro atoms. The number of likely N-dealkylation sites (N-methyl/N-ethyl adjacent to an activating group) is 1. The number of halogens is 2. The number of carbonyl (C=O) groups is 2. The maximum absolute atomic E-state index is 13.4. The number of rotatable bonds is 7. The Balaban J connectivity index is 0.00000306. The molecule has 1 heterocycles. The summed E-state index contributed by atoms with van der Waals surface area (Å²) in [6.07, 6.45) is 0. The van der Waals surface area contributed by atoms with Gasteiger partial charge in [0.25, 0.3) is 5.91 Å². The molecule has 0 unspecified atom stereocenters. The standard InChI is InChI=1S/C25H22ClN3O2S.ClH/c1-28(2)15-16-29(25-27-22-20(26)9-6-10-21(22)32-25)24(31)19-13-11-18(12-14-19)23(30)17-7-4-3-5-8-17;/h3-14H,15-16H2,1-2H3;1H. The van der Waals surface area contributed by atoms with E-state index in [9.17, 15) is 9.59 Å². The van der Waals surface area contributed by atoms with Crippen LogP contribution in [0.4, 0.5) is 5.13 Å². The minimum atomic E-state index is -0.166. The van der Waals surface area contributed by atoms with Crippen LogP contribution in [0.5, 0.6) is 0 Å². The molecule has 0 saturated carbocycles. The van der Waals surface area contributed by atoms with Crippen molar-refractivity contribution < 1.29 is 9.59 Å². The molecule has 0 atom stereocenters. The van der Waals surface area contributed by atoms with Crippen molar-refractivity contribution in [2.75, 3.05) is 32.1 Å². The number of aromatic nitrogens is 1. The number of para-hydroxylation sites is 1. The van der Waals surface area contributed by atoms with E-state index in [2.05, 4.69) is 4.98 Å². The summed E-state index contributed by atoms with van der Waals surface area (Å²) in [4.78, 5) is 34.4. The Bertz CT molecular complexity index is 1260. The summed E-state index contributed by atoms with van der Waals surface area (Å²) in [6.45, 7) is 1.16. The Morgan fingerprint density at radius 2 is 1.48 bits per heavy atom. The summed E-state index contributed by atoms with van der Waals surface area (Å²) < 4.78 is 0.930. The minimum absolute atomic E-state index is 0. The lowest BCUT2D eigenvalue weighted by Gasteiger charge is -2.22. The molecule has 1 amide bonds. The van der Waals surface area contributed by atoms with Crippen LogP contribution in [0.3, 0.4) is 0 Å². The van der Waals surface area contributed by atoms with Gasteiger partial charge in [-0.1, -0.05) is 71.5 Å². The van der Waals surface area contributed by atoms with E-state index in [1.54, 1.807) is 47.4 Å². The quantitative estimate of drug-likeness (QED) is 0.301. The van der Waals surface area contributed by atoms with Crippen LogP contribution in [0.25, 0.3) is 10.2 Å². The molecule has 0 N–H and O–H groups in total. The topological polar surface area (TPSA) is 53.5 Å². The first-order valence-electron chi connectivity index (χ1n) is 10.2. The Hall–Kier alpha value is -2.77. The van der Waals surface area contributed by atoms with Crippen LogP contribution in [0.2, 0.25) is 5.02 Å². The molecule has 0 saturated heterocycles. The number of hydrogen-bond acceptors (Lipinski definition) is 5. The van der Waals surface area contributed by atoms with E-state index in [4.69, 9.17) is 11.6 Å². The van der Waals surface area contributed by atoms with Gasteiger partial charge in [0.1, 0.15) is 5.52 Å². The SMILES string of the molecule is CN(C)CCN(C(=O)c1ccc(C(=O)c2ccccc2)cc1)c1nc2c(Cl)cccc2s1.Cl. The first-order chi connectivity index (χ1) is 15.4. The molecule has 3 aromatic carbocycles. The van der Waals surface area contributed by atoms with Crippen LogP contribution in [-0.2, 0) is 0 Å². The number of amides is 1. The first-order valence-corrected chi connectivity index (χ1v) is 11.3. The zero-order chi connectivity index (χ0) is 22.7. The van der Waals surface area contributed by atoms with Crippen LogP contribution in [0.15, 0.2) is 72.8 Å². The number of nitrogens with zero attached hydrogens (tertiary/aromatic N) is 3. The normalized spacial score (nSPS) is 10.8. The second-order valence-corrected chi connectivity index (χ2v) is 9.03.